The topological polar surface area (TPSA) is 84.6 Å². The van der Waals surface area contributed by atoms with Crippen molar-refractivity contribution in [2.24, 2.45) is 4.36 Å². The van der Waals surface area contributed by atoms with Gasteiger partial charge in [-0.3, -0.25) is 10.1 Å². The molecule has 0 bridgehead atoms. The number of hydrogen-bond donors (Lipinski definition) is 1. The van der Waals surface area contributed by atoms with Crippen LogP contribution in [0.1, 0.15) is 6.42 Å². The molecule has 1 aromatic rings. The molecule has 0 saturated carbocycles. The first kappa shape index (κ1) is 13.0. The molecule has 1 aromatic carbocycles. The summed E-state index contributed by atoms with van der Waals surface area (Å²) < 4.78 is 16.6. The van der Waals surface area contributed by atoms with Crippen molar-refractivity contribution in [2.45, 2.75) is 12.5 Å². The second kappa shape index (κ2) is 5.03. The fraction of sp³-hybridized carbons (Fsp3) is 0.455. The first-order chi connectivity index (χ1) is 8.52. The van der Waals surface area contributed by atoms with Crippen molar-refractivity contribution in [3.05, 3.63) is 34.4 Å². The van der Waals surface area contributed by atoms with Crippen molar-refractivity contribution >= 4 is 21.1 Å². The Kier molecular flexibility index (Phi) is 3.63. The number of non-ortho nitro benzene ring substituents is 1. The van der Waals surface area contributed by atoms with Crippen molar-refractivity contribution in [2.75, 3.05) is 18.6 Å². The van der Waals surface area contributed by atoms with E-state index in [9.17, 15) is 14.3 Å². The predicted octanol–water partition coefficient (Wildman–Crippen LogP) is 1.69. The van der Waals surface area contributed by atoms with E-state index in [1.165, 1.54) is 12.1 Å². The molecule has 2 rings (SSSR count). The van der Waals surface area contributed by atoms with Crippen LogP contribution in [0.2, 0.25) is 0 Å². The molecule has 2 atom stereocenters. The molecule has 1 N–H and O–H groups in total. The normalized spacial score (nSPS) is 27.1. The van der Waals surface area contributed by atoms with Crippen molar-refractivity contribution in [3.63, 3.8) is 0 Å². The zero-order valence-electron chi connectivity index (χ0n) is 10.0. The lowest BCUT2D eigenvalue weighted by Gasteiger charge is -2.04. The number of nitro groups is 1. The van der Waals surface area contributed by atoms with Gasteiger partial charge in [-0.2, -0.15) is 4.36 Å². The monoisotopic (exact) mass is 269 g/mol. The predicted molar refractivity (Wildman–Crippen MR) is 70.5 cm³/mol. The molecule has 0 aliphatic carbocycles. The van der Waals surface area contributed by atoms with E-state index in [0.717, 1.165) is 6.42 Å². The van der Waals surface area contributed by atoms with E-state index < -0.39 is 14.7 Å². The van der Waals surface area contributed by atoms with Gasteiger partial charge in [0.25, 0.3) is 5.69 Å². The van der Waals surface area contributed by atoms with E-state index >= 15 is 0 Å². The highest BCUT2D eigenvalue weighted by atomic mass is 32.2. The average molecular weight is 269 g/mol. The Bertz CT molecular complexity index is 579. The van der Waals surface area contributed by atoms with Crippen LogP contribution in [0.4, 0.5) is 11.4 Å². The van der Waals surface area contributed by atoms with Gasteiger partial charge in [-0.25, -0.2) is 4.21 Å². The third kappa shape index (κ3) is 2.85. The largest absolute Gasteiger partial charge is 0.316 e. The highest BCUT2D eigenvalue weighted by molar-refractivity contribution is 7.94. The lowest BCUT2D eigenvalue weighted by atomic mass is 10.3. The summed E-state index contributed by atoms with van der Waals surface area (Å²) in [4.78, 5) is 10.2. The minimum absolute atomic E-state index is 0.0255. The van der Waals surface area contributed by atoms with Crippen LogP contribution in [-0.2, 0) is 9.73 Å². The van der Waals surface area contributed by atoms with Gasteiger partial charge in [0.2, 0.25) is 0 Å². The summed E-state index contributed by atoms with van der Waals surface area (Å²) in [6.07, 6.45) is 0.827. The first-order valence-electron chi connectivity index (χ1n) is 5.67. The third-order valence-corrected chi connectivity index (χ3v) is 5.31. The van der Waals surface area contributed by atoms with Crippen molar-refractivity contribution in [1.82, 2.24) is 5.32 Å². The molecule has 7 heteroatoms. The van der Waals surface area contributed by atoms with Crippen LogP contribution in [0.15, 0.2) is 28.6 Å². The summed E-state index contributed by atoms with van der Waals surface area (Å²) in [7, 11) is -0.434. The Labute approximate surface area is 106 Å². The van der Waals surface area contributed by atoms with Gasteiger partial charge in [-0.05, 0) is 19.5 Å². The number of rotatable bonds is 3. The Morgan fingerprint density at radius 3 is 2.94 bits per heavy atom. The molecular weight excluding hydrogens is 254 g/mol. The van der Waals surface area contributed by atoms with Gasteiger partial charge in [0.05, 0.1) is 20.3 Å². The van der Waals surface area contributed by atoms with E-state index in [1.54, 1.807) is 12.1 Å². The summed E-state index contributed by atoms with van der Waals surface area (Å²) in [5.74, 6) is 1.05. The standard InChI is InChI=1S/C11H15N3O3S/c1-12-10-5-6-18(17,8-10)13-9-3-2-4-11(7-9)14(15)16/h2-4,7,10,12H,5-6,8H2,1H3. The van der Waals surface area contributed by atoms with Crippen molar-refractivity contribution < 1.29 is 9.13 Å². The van der Waals surface area contributed by atoms with E-state index in [-0.39, 0.29) is 11.7 Å². The Balaban J connectivity index is 2.31. The van der Waals surface area contributed by atoms with Crippen LogP contribution in [0.5, 0.6) is 0 Å². The number of nitrogens with zero attached hydrogens (tertiary/aromatic N) is 2. The zero-order chi connectivity index (χ0) is 13.2. The first-order valence-corrected chi connectivity index (χ1v) is 7.52. The maximum Gasteiger partial charge on any atom is 0.271 e. The second-order valence-corrected chi connectivity index (χ2v) is 6.76. The molecule has 1 saturated heterocycles. The highest BCUT2D eigenvalue weighted by Crippen LogP contribution is 2.24. The molecule has 6 nitrogen and oxygen atoms in total. The van der Waals surface area contributed by atoms with Crippen LogP contribution in [0.25, 0.3) is 0 Å². The SMILES string of the molecule is CNC1CCS(=O)(=Nc2cccc([N+](=O)[O-])c2)C1. The molecule has 0 spiro atoms. The summed E-state index contributed by atoms with van der Waals surface area (Å²) >= 11 is 0. The van der Waals surface area contributed by atoms with E-state index in [0.29, 0.717) is 17.2 Å². The number of benzene rings is 1. The van der Waals surface area contributed by atoms with Crippen molar-refractivity contribution in [3.8, 4) is 0 Å². The van der Waals surface area contributed by atoms with Crippen LogP contribution < -0.4 is 5.32 Å². The summed E-state index contributed by atoms with van der Waals surface area (Å²) in [5.41, 5.74) is 0.397. The Morgan fingerprint density at radius 1 is 1.56 bits per heavy atom. The van der Waals surface area contributed by atoms with Crippen molar-refractivity contribution in [1.29, 1.82) is 0 Å². The molecule has 0 aromatic heterocycles. The minimum atomic E-state index is -2.27. The number of nitrogens with one attached hydrogen (secondary N) is 1. The zero-order valence-corrected chi connectivity index (χ0v) is 10.9. The van der Waals surface area contributed by atoms with Gasteiger partial charge in [0.15, 0.2) is 0 Å². The van der Waals surface area contributed by atoms with Gasteiger partial charge >= 0.3 is 0 Å². The lowest BCUT2D eigenvalue weighted by Crippen LogP contribution is -2.25. The van der Waals surface area contributed by atoms with Gasteiger partial charge in [0, 0.05) is 29.7 Å². The molecule has 0 radical (unpaired) electrons. The lowest BCUT2D eigenvalue weighted by molar-refractivity contribution is -0.384. The van der Waals surface area contributed by atoms with Crippen LogP contribution in [0, 0.1) is 10.1 Å². The van der Waals surface area contributed by atoms with Gasteiger partial charge in [-0.15, -0.1) is 0 Å². The van der Waals surface area contributed by atoms with Gasteiger partial charge < -0.3 is 5.32 Å². The fourth-order valence-corrected chi connectivity index (χ4v) is 4.42. The molecule has 1 aliphatic rings. The van der Waals surface area contributed by atoms with Gasteiger partial charge in [-0.1, -0.05) is 6.07 Å². The van der Waals surface area contributed by atoms with E-state index in [4.69, 9.17) is 0 Å². The van der Waals surface area contributed by atoms with E-state index in [1.807, 2.05) is 7.05 Å². The van der Waals surface area contributed by atoms with Crippen LogP contribution in [-0.4, -0.2) is 33.7 Å². The molecule has 1 aliphatic heterocycles. The Morgan fingerprint density at radius 2 is 2.33 bits per heavy atom. The minimum Gasteiger partial charge on any atom is -0.316 e. The van der Waals surface area contributed by atoms with Crippen LogP contribution >= 0.6 is 0 Å². The number of hydrogen-bond acceptors (Lipinski definition) is 5. The van der Waals surface area contributed by atoms with Crippen LogP contribution in [0.3, 0.4) is 0 Å². The van der Waals surface area contributed by atoms with E-state index in [2.05, 4.69) is 9.68 Å². The molecule has 2 unspecified atom stereocenters. The third-order valence-electron chi connectivity index (χ3n) is 2.97. The molecule has 18 heavy (non-hydrogen) atoms. The summed E-state index contributed by atoms with van der Waals surface area (Å²) in [6.45, 7) is 0. The summed E-state index contributed by atoms with van der Waals surface area (Å²) in [6, 6.07) is 6.19. The van der Waals surface area contributed by atoms with Gasteiger partial charge in [0.1, 0.15) is 0 Å². The summed E-state index contributed by atoms with van der Waals surface area (Å²) in [5, 5.41) is 13.7. The molecular formula is C11H15N3O3S. The fourth-order valence-electron chi connectivity index (χ4n) is 1.97. The quantitative estimate of drug-likeness (QED) is 0.668. The molecule has 0 amide bonds. The average Bonchev–Trinajstić information content (AvgIpc) is 2.71. The Hall–Kier alpha value is -1.47. The smallest absolute Gasteiger partial charge is 0.271 e. The molecule has 1 fully saturated rings. The second-order valence-electron chi connectivity index (χ2n) is 4.29. The number of nitro benzene ring substituents is 1. The maximum atomic E-state index is 12.4. The highest BCUT2D eigenvalue weighted by Gasteiger charge is 2.25. The molecule has 98 valence electrons. The molecule has 1 heterocycles. The maximum absolute atomic E-state index is 12.4.